The normalized spacial score (nSPS) is 10.9. The van der Waals surface area contributed by atoms with Crippen molar-refractivity contribution in [2.24, 2.45) is 5.73 Å². The number of nitrogens with one attached hydrogen (secondary N) is 1. The lowest BCUT2D eigenvalue weighted by Crippen LogP contribution is -3.00. The first-order chi connectivity index (χ1) is 16.0. The number of alkyl carbamates (subject to hydrolysis) is 1. The average molecular weight is 575 g/mol. The number of carbonyl (C=O) groups is 3. The van der Waals surface area contributed by atoms with Crippen LogP contribution in [0, 0.1) is 0 Å². The fraction of sp³-hybridized carbons (Fsp3) is 0.200. The number of rotatable bonds is 10. The zero-order valence-electron chi connectivity index (χ0n) is 18.4. The number of esters is 1. The third-order valence-electron chi connectivity index (χ3n) is 4.86. The van der Waals surface area contributed by atoms with Gasteiger partial charge in [0.15, 0.2) is 18.9 Å². The first-order valence-corrected chi connectivity index (χ1v) is 10.5. The van der Waals surface area contributed by atoms with Crippen molar-refractivity contribution in [2.75, 3.05) is 0 Å². The Morgan fingerprint density at radius 3 is 1.88 bits per heavy atom. The van der Waals surface area contributed by atoms with Gasteiger partial charge in [-0.3, -0.25) is 4.79 Å². The van der Waals surface area contributed by atoms with Gasteiger partial charge in [0.05, 0.1) is 5.56 Å². The maximum absolute atomic E-state index is 12.7. The number of amides is 2. The highest BCUT2D eigenvalue weighted by Gasteiger charge is 2.25. The van der Waals surface area contributed by atoms with Crippen LogP contribution in [0.3, 0.4) is 0 Å². The number of carbonyl (C=O) groups excluding carboxylic acids is 3. The van der Waals surface area contributed by atoms with Crippen LogP contribution in [0.5, 0.6) is 0 Å². The van der Waals surface area contributed by atoms with E-state index in [-0.39, 0.29) is 43.6 Å². The molecule has 1 aromatic heterocycles. The summed E-state index contributed by atoms with van der Waals surface area (Å²) in [5.41, 5.74) is 7.32. The second kappa shape index (κ2) is 13.9. The minimum absolute atomic E-state index is 0. The maximum Gasteiger partial charge on any atom is 0.408 e. The standard InChI is InChI=1S/C25H25N3O5.HI/c26-23(29)21-11-14-28(15-12-21)16-13-22(24(30)32-17-19-7-3-1-4-8-19)27-25(31)33-18-20-9-5-2-6-10-20;/h1-12,14-15,22H,13,16-18H2,(H2-,26,27,29,31);1H/t22-;/m0./s1. The molecule has 2 amide bonds. The number of ether oxygens (including phenoxy) is 2. The minimum atomic E-state index is -0.916. The van der Waals surface area contributed by atoms with Gasteiger partial charge in [0.2, 0.25) is 5.91 Å². The summed E-state index contributed by atoms with van der Waals surface area (Å²) in [6.07, 6.45) is 2.91. The Morgan fingerprint density at radius 1 is 0.824 bits per heavy atom. The molecule has 3 rings (SSSR count). The van der Waals surface area contributed by atoms with Crippen LogP contribution < -0.4 is 39.6 Å². The van der Waals surface area contributed by atoms with Crippen LogP contribution in [0.25, 0.3) is 0 Å². The van der Waals surface area contributed by atoms with Gasteiger partial charge < -0.3 is 44.5 Å². The summed E-state index contributed by atoms with van der Waals surface area (Å²) in [6, 6.07) is 20.8. The zero-order chi connectivity index (χ0) is 23.5. The molecule has 3 N–H and O–H groups in total. The summed E-state index contributed by atoms with van der Waals surface area (Å²) in [5.74, 6) is -1.09. The summed E-state index contributed by atoms with van der Waals surface area (Å²) in [6.45, 7) is 0.572. The molecule has 3 aromatic rings. The molecule has 2 aromatic carbocycles. The highest BCUT2D eigenvalue weighted by Crippen LogP contribution is 2.06. The summed E-state index contributed by atoms with van der Waals surface area (Å²) < 4.78 is 12.4. The average Bonchev–Trinajstić information content (AvgIpc) is 2.85. The van der Waals surface area contributed by atoms with Crippen LogP contribution in [0.2, 0.25) is 0 Å². The van der Waals surface area contributed by atoms with Crippen LogP contribution in [0.1, 0.15) is 27.9 Å². The van der Waals surface area contributed by atoms with Gasteiger partial charge in [-0.25, -0.2) is 14.2 Å². The van der Waals surface area contributed by atoms with Crippen LogP contribution in [0.15, 0.2) is 85.2 Å². The van der Waals surface area contributed by atoms with Gasteiger partial charge in [-0.15, -0.1) is 0 Å². The molecule has 178 valence electrons. The molecule has 0 saturated heterocycles. The zero-order valence-corrected chi connectivity index (χ0v) is 20.6. The maximum atomic E-state index is 12.7. The van der Waals surface area contributed by atoms with Gasteiger partial charge in [0.25, 0.3) is 0 Å². The summed E-state index contributed by atoms with van der Waals surface area (Å²) >= 11 is 0. The van der Waals surface area contributed by atoms with Gasteiger partial charge in [-0.05, 0) is 11.1 Å². The van der Waals surface area contributed by atoms with Gasteiger partial charge in [0, 0.05) is 18.6 Å². The molecule has 9 heteroatoms. The van der Waals surface area contributed by atoms with Crippen molar-refractivity contribution in [1.82, 2.24) is 5.32 Å². The number of nitrogens with zero attached hydrogens (tertiary/aromatic N) is 1. The Bertz CT molecular complexity index is 1060. The fourth-order valence-corrected chi connectivity index (χ4v) is 3.03. The number of aromatic nitrogens is 1. The second-order valence-electron chi connectivity index (χ2n) is 7.33. The first kappa shape index (κ1) is 26.8. The van der Waals surface area contributed by atoms with E-state index in [2.05, 4.69) is 5.32 Å². The van der Waals surface area contributed by atoms with Crippen molar-refractivity contribution in [1.29, 1.82) is 0 Å². The van der Waals surface area contributed by atoms with Crippen LogP contribution >= 0.6 is 0 Å². The van der Waals surface area contributed by atoms with E-state index in [9.17, 15) is 14.4 Å². The lowest BCUT2D eigenvalue weighted by Gasteiger charge is -2.17. The van der Waals surface area contributed by atoms with Crippen molar-refractivity contribution >= 4 is 18.0 Å². The predicted octanol–water partition coefficient (Wildman–Crippen LogP) is -0.494. The number of halogens is 1. The van der Waals surface area contributed by atoms with Crippen molar-refractivity contribution in [3.8, 4) is 0 Å². The molecule has 0 spiro atoms. The monoisotopic (exact) mass is 575 g/mol. The van der Waals surface area contributed by atoms with E-state index in [4.69, 9.17) is 15.2 Å². The molecule has 34 heavy (non-hydrogen) atoms. The Labute approximate surface area is 215 Å². The summed E-state index contributed by atoms with van der Waals surface area (Å²) in [7, 11) is 0. The van der Waals surface area contributed by atoms with E-state index in [1.807, 2.05) is 60.7 Å². The van der Waals surface area contributed by atoms with Crippen LogP contribution in [-0.4, -0.2) is 24.0 Å². The van der Waals surface area contributed by atoms with Crippen molar-refractivity contribution < 1.29 is 52.4 Å². The quantitative estimate of drug-likeness (QED) is 0.193. The number of hydrogen-bond donors (Lipinski definition) is 2. The van der Waals surface area contributed by atoms with Gasteiger partial charge in [-0.2, -0.15) is 0 Å². The molecule has 1 heterocycles. The Morgan fingerprint density at radius 2 is 1.35 bits per heavy atom. The van der Waals surface area contributed by atoms with E-state index in [0.29, 0.717) is 12.1 Å². The van der Waals surface area contributed by atoms with Gasteiger partial charge in [0.1, 0.15) is 19.3 Å². The Kier molecular flexibility index (Phi) is 11.0. The molecular weight excluding hydrogens is 549 g/mol. The molecule has 0 radical (unpaired) electrons. The molecule has 8 nitrogen and oxygen atoms in total. The molecule has 0 aliphatic heterocycles. The lowest BCUT2D eigenvalue weighted by molar-refractivity contribution is -0.697. The van der Waals surface area contributed by atoms with E-state index >= 15 is 0 Å². The van der Waals surface area contributed by atoms with E-state index in [1.165, 1.54) is 0 Å². The highest BCUT2D eigenvalue weighted by molar-refractivity contribution is 5.92. The molecule has 1 atom stereocenters. The van der Waals surface area contributed by atoms with E-state index < -0.39 is 24.0 Å². The number of pyridine rings is 1. The first-order valence-electron chi connectivity index (χ1n) is 10.5. The molecule has 0 fully saturated rings. The number of nitrogens with two attached hydrogens (primary N) is 1. The largest absolute Gasteiger partial charge is 1.00 e. The van der Waals surface area contributed by atoms with Gasteiger partial charge >= 0.3 is 12.1 Å². The van der Waals surface area contributed by atoms with Gasteiger partial charge in [-0.1, -0.05) is 60.7 Å². The summed E-state index contributed by atoms with van der Waals surface area (Å²) in [4.78, 5) is 36.3. The second-order valence-corrected chi connectivity index (χ2v) is 7.33. The molecule has 0 aliphatic carbocycles. The topological polar surface area (TPSA) is 112 Å². The number of benzene rings is 2. The van der Waals surface area contributed by atoms with Crippen LogP contribution in [0.4, 0.5) is 4.79 Å². The number of hydrogen-bond acceptors (Lipinski definition) is 5. The fourth-order valence-electron chi connectivity index (χ4n) is 3.03. The third kappa shape index (κ3) is 8.81. The summed E-state index contributed by atoms with van der Waals surface area (Å²) in [5, 5.41) is 2.60. The smallest absolute Gasteiger partial charge is 0.408 e. The van der Waals surface area contributed by atoms with Crippen molar-refractivity contribution in [3.63, 3.8) is 0 Å². The van der Waals surface area contributed by atoms with E-state index in [0.717, 1.165) is 11.1 Å². The minimum Gasteiger partial charge on any atom is -1.00 e. The Balaban J connectivity index is 0.00000408. The highest BCUT2D eigenvalue weighted by atomic mass is 127. The Hall–Kier alpha value is -3.47. The SMILES string of the molecule is NC(=O)c1cc[n+](CC[C@H](NC(=O)OCc2ccccc2)C(=O)OCc2ccccc2)cc1.[I-]. The third-order valence-corrected chi connectivity index (χ3v) is 4.86. The number of primary amides is 1. The predicted molar refractivity (Wildman–Crippen MR) is 120 cm³/mol. The molecule has 0 bridgehead atoms. The lowest BCUT2D eigenvalue weighted by atomic mass is 10.2. The molecule has 0 aliphatic rings. The molecule has 0 saturated carbocycles. The van der Waals surface area contributed by atoms with E-state index in [1.54, 1.807) is 29.1 Å². The molecule has 0 unspecified atom stereocenters. The number of aryl methyl sites for hydroxylation is 1. The van der Waals surface area contributed by atoms with Crippen molar-refractivity contribution in [2.45, 2.75) is 32.2 Å². The van der Waals surface area contributed by atoms with Crippen LogP contribution in [-0.2, 0) is 34.0 Å². The molecular formula is C25H26IN3O5. The van der Waals surface area contributed by atoms with Crippen molar-refractivity contribution in [3.05, 3.63) is 102 Å².